The molecule has 9 heteroatoms. The van der Waals surface area contributed by atoms with Gasteiger partial charge in [-0.05, 0) is 6.92 Å². The SMILES string of the molecule is CCN(C(C)=O)c1nc(CNCCS(=O)(=O)N(C)C)cs1. The maximum atomic E-state index is 11.6. The Balaban J connectivity index is 2.48. The standard InChI is InChI=1S/C12H22N4O3S2/c1-5-16(10(2)17)12-14-11(9-20-12)8-13-6-7-21(18,19)15(3)4/h9,13H,5-8H2,1-4H3. The number of anilines is 1. The van der Waals surface area contributed by atoms with E-state index in [2.05, 4.69) is 10.3 Å². The summed E-state index contributed by atoms with van der Waals surface area (Å²) in [6.45, 7) is 4.82. The molecule has 0 saturated carbocycles. The van der Waals surface area contributed by atoms with E-state index in [9.17, 15) is 13.2 Å². The molecule has 0 fully saturated rings. The number of amides is 1. The first kappa shape index (κ1) is 18.0. The van der Waals surface area contributed by atoms with Gasteiger partial charge in [0.2, 0.25) is 15.9 Å². The van der Waals surface area contributed by atoms with E-state index in [1.807, 2.05) is 12.3 Å². The number of nitrogens with one attached hydrogen (secondary N) is 1. The predicted octanol–water partition coefficient (Wildman–Crippen LogP) is 0.497. The molecule has 0 aliphatic heterocycles. The lowest BCUT2D eigenvalue weighted by atomic mass is 10.5. The van der Waals surface area contributed by atoms with Gasteiger partial charge in [-0.3, -0.25) is 9.69 Å². The Morgan fingerprint density at radius 1 is 1.43 bits per heavy atom. The third-order valence-electron chi connectivity index (χ3n) is 2.87. The zero-order valence-electron chi connectivity index (χ0n) is 12.8. The highest BCUT2D eigenvalue weighted by Gasteiger charge is 2.14. The van der Waals surface area contributed by atoms with E-state index < -0.39 is 10.0 Å². The Kier molecular flexibility index (Phi) is 6.72. The van der Waals surface area contributed by atoms with Crippen LogP contribution in [0.4, 0.5) is 5.13 Å². The second-order valence-electron chi connectivity index (χ2n) is 4.66. The van der Waals surface area contributed by atoms with Gasteiger partial charge in [0.25, 0.3) is 0 Å². The minimum Gasteiger partial charge on any atom is -0.310 e. The van der Waals surface area contributed by atoms with Crippen LogP contribution in [0.15, 0.2) is 5.38 Å². The molecular formula is C12H22N4O3S2. The summed E-state index contributed by atoms with van der Waals surface area (Å²) in [6, 6.07) is 0. The quantitative estimate of drug-likeness (QED) is 0.700. The molecular weight excluding hydrogens is 312 g/mol. The van der Waals surface area contributed by atoms with Gasteiger partial charge in [0.1, 0.15) is 0 Å². The largest absolute Gasteiger partial charge is 0.310 e. The van der Waals surface area contributed by atoms with Crippen molar-refractivity contribution in [2.75, 3.05) is 37.8 Å². The van der Waals surface area contributed by atoms with Crippen molar-refractivity contribution in [3.63, 3.8) is 0 Å². The molecule has 1 rings (SSSR count). The highest BCUT2D eigenvalue weighted by molar-refractivity contribution is 7.89. The summed E-state index contributed by atoms with van der Waals surface area (Å²) in [6.07, 6.45) is 0. The molecule has 0 unspecified atom stereocenters. The van der Waals surface area contributed by atoms with Crippen molar-refractivity contribution in [3.8, 4) is 0 Å². The molecule has 0 aliphatic carbocycles. The van der Waals surface area contributed by atoms with Gasteiger partial charge in [-0.2, -0.15) is 0 Å². The Hall–Kier alpha value is -1.03. The summed E-state index contributed by atoms with van der Waals surface area (Å²) in [5.74, 6) is 0.00866. The van der Waals surface area contributed by atoms with Gasteiger partial charge in [-0.1, -0.05) is 0 Å². The number of thiazole rings is 1. The van der Waals surface area contributed by atoms with Gasteiger partial charge in [-0.25, -0.2) is 17.7 Å². The zero-order chi connectivity index (χ0) is 16.0. The molecule has 1 heterocycles. The van der Waals surface area contributed by atoms with Gasteiger partial charge in [0.05, 0.1) is 11.4 Å². The third kappa shape index (κ3) is 5.34. The Labute approximate surface area is 130 Å². The van der Waals surface area contributed by atoms with Crippen LogP contribution in [0, 0.1) is 0 Å². The van der Waals surface area contributed by atoms with Crippen molar-refractivity contribution < 1.29 is 13.2 Å². The number of carbonyl (C=O) groups is 1. The Morgan fingerprint density at radius 3 is 2.62 bits per heavy atom. The van der Waals surface area contributed by atoms with Gasteiger partial charge in [0, 0.05) is 46.0 Å². The van der Waals surface area contributed by atoms with Crippen LogP contribution in [0.1, 0.15) is 19.5 Å². The summed E-state index contributed by atoms with van der Waals surface area (Å²) in [7, 11) is -0.142. The summed E-state index contributed by atoms with van der Waals surface area (Å²) < 4.78 is 24.4. The van der Waals surface area contributed by atoms with Gasteiger partial charge in [0.15, 0.2) is 5.13 Å². The molecule has 0 spiro atoms. The van der Waals surface area contributed by atoms with E-state index in [1.54, 1.807) is 4.90 Å². The summed E-state index contributed by atoms with van der Waals surface area (Å²) in [5.41, 5.74) is 0.803. The third-order valence-corrected chi connectivity index (χ3v) is 5.61. The lowest BCUT2D eigenvalue weighted by molar-refractivity contribution is -0.116. The fourth-order valence-electron chi connectivity index (χ4n) is 1.59. The zero-order valence-corrected chi connectivity index (χ0v) is 14.4. The maximum Gasteiger partial charge on any atom is 0.225 e. The number of carbonyl (C=O) groups excluding carboxylic acids is 1. The molecule has 1 N–H and O–H groups in total. The fraction of sp³-hybridized carbons (Fsp3) is 0.667. The molecule has 1 aromatic heterocycles. The molecule has 0 aliphatic rings. The number of hydrogen-bond donors (Lipinski definition) is 1. The highest BCUT2D eigenvalue weighted by Crippen LogP contribution is 2.20. The second kappa shape index (κ2) is 7.83. The molecule has 0 aromatic carbocycles. The normalized spacial score (nSPS) is 11.9. The smallest absolute Gasteiger partial charge is 0.225 e. The lowest BCUT2D eigenvalue weighted by Crippen LogP contribution is -2.31. The topological polar surface area (TPSA) is 82.6 Å². The molecule has 0 saturated heterocycles. The van der Waals surface area contributed by atoms with E-state index in [1.165, 1.54) is 36.7 Å². The average Bonchev–Trinajstić information content (AvgIpc) is 2.83. The fourth-order valence-corrected chi connectivity index (χ4v) is 3.29. The van der Waals surface area contributed by atoms with Crippen LogP contribution in [0.25, 0.3) is 0 Å². The van der Waals surface area contributed by atoms with Crippen molar-refractivity contribution in [1.29, 1.82) is 0 Å². The van der Waals surface area contributed by atoms with E-state index in [4.69, 9.17) is 0 Å². The van der Waals surface area contributed by atoms with Gasteiger partial charge < -0.3 is 5.32 Å². The van der Waals surface area contributed by atoms with Crippen molar-refractivity contribution in [3.05, 3.63) is 11.1 Å². The molecule has 1 amide bonds. The second-order valence-corrected chi connectivity index (χ2v) is 7.80. The lowest BCUT2D eigenvalue weighted by Gasteiger charge is -2.14. The van der Waals surface area contributed by atoms with Crippen molar-refractivity contribution in [2.24, 2.45) is 0 Å². The maximum absolute atomic E-state index is 11.6. The predicted molar refractivity (Wildman–Crippen MR) is 85.0 cm³/mol. The number of rotatable bonds is 8. The number of nitrogens with zero attached hydrogens (tertiary/aromatic N) is 3. The molecule has 1 aromatic rings. The van der Waals surface area contributed by atoms with Gasteiger partial charge >= 0.3 is 0 Å². The Morgan fingerprint density at radius 2 is 2.10 bits per heavy atom. The van der Waals surface area contributed by atoms with Crippen LogP contribution in [0.3, 0.4) is 0 Å². The van der Waals surface area contributed by atoms with E-state index in [0.29, 0.717) is 24.8 Å². The van der Waals surface area contributed by atoms with Crippen LogP contribution in [-0.2, 0) is 21.4 Å². The van der Waals surface area contributed by atoms with Crippen LogP contribution < -0.4 is 10.2 Å². The van der Waals surface area contributed by atoms with Gasteiger partial charge in [-0.15, -0.1) is 11.3 Å². The van der Waals surface area contributed by atoms with Crippen molar-refractivity contribution in [1.82, 2.24) is 14.6 Å². The summed E-state index contributed by atoms with van der Waals surface area (Å²) in [4.78, 5) is 17.4. The number of aromatic nitrogens is 1. The summed E-state index contributed by atoms with van der Waals surface area (Å²) >= 11 is 1.41. The molecule has 120 valence electrons. The average molecular weight is 334 g/mol. The van der Waals surface area contributed by atoms with E-state index in [0.717, 1.165) is 5.69 Å². The van der Waals surface area contributed by atoms with Crippen molar-refractivity contribution in [2.45, 2.75) is 20.4 Å². The molecule has 0 bridgehead atoms. The minimum atomic E-state index is -3.18. The first-order valence-electron chi connectivity index (χ1n) is 6.61. The molecule has 0 radical (unpaired) electrons. The van der Waals surface area contributed by atoms with E-state index >= 15 is 0 Å². The van der Waals surface area contributed by atoms with Crippen LogP contribution in [0.2, 0.25) is 0 Å². The molecule has 0 atom stereocenters. The first-order chi connectivity index (χ1) is 9.77. The summed E-state index contributed by atoms with van der Waals surface area (Å²) in [5, 5.41) is 5.59. The minimum absolute atomic E-state index is 0.0385. The molecule has 7 nitrogen and oxygen atoms in total. The van der Waals surface area contributed by atoms with E-state index in [-0.39, 0.29) is 11.7 Å². The Bertz CT molecular complexity index is 569. The highest BCUT2D eigenvalue weighted by atomic mass is 32.2. The monoisotopic (exact) mass is 334 g/mol. The number of hydrogen-bond acceptors (Lipinski definition) is 6. The van der Waals surface area contributed by atoms with Crippen LogP contribution in [-0.4, -0.2) is 56.6 Å². The van der Waals surface area contributed by atoms with Crippen molar-refractivity contribution >= 4 is 32.4 Å². The van der Waals surface area contributed by atoms with Crippen LogP contribution in [0.5, 0.6) is 0 Å². The first-order valence-corrected chi connectivity index (χ1v) is 9.10. The molecule has 21 heavy (non-hydrogen) atoms. The van der Waals surface area contributed by atoms with Crippen LogP contribution >= 0.6 is 11.3 Å². The number of sulfonamides is 1.